The molecule has 0 aliphatic carbocycles. The van der Waals surface area contributed by atoms with Gasteiger partial charge in [-0.05, 0) is 12.1 Å². The molecule has 1 saturated heterocycles. The lowest BCUT2D eigenvalue weighted by atomic mass is 10.2. The number of halogens is 2. The zero-order valence-electron chi connectivity index (χ0n) is 12.3. The standard InChI is InChI=1S/C13H11Cl2NO7S/c1-13(2)22-11(17)6(12(18)23-13)5-16-9-3-8(15)10(4-7(9)14)24(19,20)21/h3-5,16H,1-2H3,(H,19,20,21). The first kappa shape index (κ1) is 18.5. The van der Waals surface area contributed by atoms with Gasteiger partial charge < -0.3 is 14.8 Å². The van der Waals surface area contributed by atoms with Crippen LogP contribution in [0.5, 0.6) is 0 Å². The Hall–Kier alpha value is -1.81. The Balaban J connectivity index is 2.31. The normalized spacial score (nSPS) is 17.1. The molecule has 1 aromatic carbocycles. The van der Waals surface area contributed by atoms with E-state index >= 15 is 0 Å². The summed E-state index contributed by atoms with van der Waals surface area (Å²) in [5.41, 5.74) is -0.327. The maximum Gasteiger partial charge on any atom is 0.350 e. The number of carbonyl (C=O) groups is 2. The molecule has 0 unspecified atom stereocenters. The molecule has 0 radical (unpaired) electrons. The van der Waals surface area contributed by atoms with Crippen LogP contribution in [-0.4, -0.2) is 30.7 Å². The van der Waals surface area contributed by atoms with Crippen LogP contribution in [0.25, 0.3) is 0 Å². The Morgan fingerprint density at radius 1 is 1.12 bits per heavy atom. The average Bonchev–Trinajstić information content (AvgIpc) is 2.38. The van der Waals surface area contributed by atoms with E-state index in [9.17, 15) is 18.0 Å². The lowest BCUT2D eigenvalue weighted by Gasteiger charge is -2.29. The predicted molar refractivity (Wildman–Crippen MR) is 84.2 cm³/mol. The average molecular weight is 396 g/mol. The molecule has 24 heavy (non-hydrogen) atoms. The molecule has 0 saturated carbocycles. The van der Waals surface area contributed by atoms with Crippen molar-refractivity contribution in [1.82, 2.24) is 0 Å². The second-order valence-corrected chi connectivity index (χ2v) is 7.32. The second-order valence-electron chi connectivity index (χ2n) is 5.12. The summed E-state index contributed by atoms with van der Waals surface area (Å²) in [4.78, 5) is 23.0. The third-order valence-electron chi connectivity index (χ3n) is 2.79. The minimum atomic E-state index is -4.55. The highest BCUT2D eigenvalue weighted by molar-refractivity contribution is 7.86. The van der Waals surface area contributed by atoms with E-state index in [0.29, 0.717) is 0 Å². The summed E-state index contributed by atoms with van der Waals surface area (Å²) in [6.07, 6.45) is 0.991. The monoisotopic (exact) mass is 395 g/mol. The Morgan fingerprint density at radius 2 is 1.67 bits per heavy atom. The Morgan fingerprint density at radius 3 is 2.17 bits per heavy atom. The molecule has 1 aliphatic rings. The molecule has 0 atom stereocenters. The molecule has 2 rings (SSSR count). The van der Waals surface area contributed by atoms with Crippen LogP contribution in [0.3, 0.4) is 0 Å². The van der Waals surface area contributed by atoms with Crippen LogP contribution in [0.4, 0.5) is 5.69 Å². The fourth-order valence-electron chi connectivity index (χ4n) is 1.77. The van der Waals surface area contributed by atoms with Crippen molar-refractivity contribution in [1.29, 1.82) is 0 Å². The van der Waals surface area contributed by atoms with Gasteiger partial charge in [0.2, 0.25) is 0 Å². The van der Waals surface area contributed by atoms with Gasteiger partial charge in [-0.1, -0.05) is 23.2 Å². The molecule has 0 spiro atoms. The highest BCUT2D eigenvalue weighted by atomic mass is 35.5. The summed E-state index contributed by atoms with van der Waals surface area (Å²) >= 11 is 11.6. The maximum absolute atomic E-state index is 11.8. The summed E-state index contributed by atoms with van der Waals surface area (Å²) in [6.45, 7) is 2.80. The van der Waals surface area contributed by atoms with E-state index in [1.807, 2.05) is 0 Å². The number of benzene rings is 1. The molecular formula is C13H11Cl2NO7S. The molecule has 0 aromatic heterocycles. The van der Waals surface area contributed by atoms with E-state index < -0.39 is 38.3 Å². The molecule has 8 nitrogen and oxygen atoms in total. The van der Waals surface area contributed by atoms with E-state index in [1.165, 1.54) is 13.8 Å². The Bertz CT molecular complexity index is 839. The Kier molecular flexibility index (Phi) is 4.82. The maximum atomic E-state index is 11.8. The van der Waals surface area contributed by atoms with E-state index in [2.05, 4.69) is 5.32 Å². The van der Waals surface area contributed by atoms with Crippen LogP contribution >= 0.6 is 23.2 Å². The number of nitrogens with one attached hydrogen (secondary N) is 1. The SMILES string of the molecule is CC1(C)OC(=O)C(=CNc2cc(Cl)c(S(=O)(=O)O)cc2Cl)C(=O)O1. The fraction of sp³-hybridized carbons (Fsp3) is 0.231. The summed E-state index contributed by atoms with van der Waals surface area (Å²) in [6, 6.07) is 2.02. The number of esters is 2. The fourth-order valence-corrected chi connectivity index (χ4v) is 3.08. The van der Waals surface area contributed by atoms with E-state index in [-0.39, 0.29) is 15.7 Å². The number of cyclic esters (lactones) is 2. The van der Waals surface area contributed by atoms with Crippen molar-refractivity contribution >= 4 is 50.9 Å². The third kappa shape index (κ3) is 3.99. The number of hydrogen-bond acceptors (Lipinski definition) is 7. The van der Waals surface area contributed by atoms with Crippen LogP contribution in [0.1, 0.15) is 13.8 Å². The first-order valence-electron chi connectivity index (χ1n) is 6.30. The van der Waals surface area contributed by atoms with Crippen molar-refractivity contribution in [3.63, 3.8) is 0 Å². The highest BCUT2D eigenvalue weighted by Gasteiger charge is 2.39. The molecule has 1 fully saturated rings. The summed E-state index contributed by atoms with van der Waals surface area (Å²) in [7, 11) is -4.55. The van der Waals surface area contributed by atoms with Gasteiger partial charge >= 0.3 is 11.9 Å². The number of rotatable bonds is 3. The second kappa shape index (κ2) is 6.25. The number of ether oxygens (including phenoxy) is 2. The topological polar surface area (TPSA) is 119 Å². The molecule has 2 N–H and O–H groups in total. The zero-order chi connectivity index (χ0) is 18.3. The van der Waals surface area contributed by atoms with Gasteiger partial charge in [0, 0.05) is 20.0 Å². The van der Waals surface area contributed by atoms with Gasteiger partial charge in [0.05, 0.1) is 15.7 Å². The summed E-state index contributed by atoms with van der Waals surface area (Å²) in [5.74, 6) is -3.18. The van der Waals surface area contributed by atoms with Crippen molar-refractivity contribution in [3.8, 4) is 0 Å². The third-order valence-corrected chi connectivity index (χ3v) is 4.42. The van der Waals surface area contributed by atoms with Gasteiger partial charge in [0.1, 0.15) is 4.90 Å². The van der Waals surface area contributed by atoms with Gasteiger partial charge in [-0.15, -0.1) is 0 Å². The van der Waals surface area contributed by atoms with Gasteiger partial charge in [-0.25, -0.2) is 9.59 Å². The lowest BCUT2D eigenvalue weighted by molar-refractivity contribution is -0.222. The molecule has 0 bridgehead atoms. The van der Waals surface area contributed by atoms with E-state index in [0.717, 1.165) is 18.3 Å². The quantitative estimate of drug-likeness (QED) is 0.346. The largest absolute Gasteiger partial charge is 0.419 e. The number of carbonyl (C=O) groups excluding carboxylic acids is 2. The summed E-state index contributed by atoms with van der Waals surface area (Å²) < 4.78 is 41.1. The van der Waals surface area contributed by atoms with Gasteiger partial charge in [-0.2, -0.15) is 8.42 Å². The van der Waals surface area contributed by atoms with Crippen LogP contribution in [0, 0.1) is 0 Å². The van der Waals surface area contributed by atoms with Crippen molar-refractivity contribution in [2.75, 3.05) is 5.32 Å². The Labute approximate surface area is 147 Å². The molecular weight excluding hydrogens is 385 g/mol. The van der Waals surface area contributed by atoms with Crippen LogP contribution in [-0.2, 0) is 29.2 Å². The first-order valence-corrected chi connectivity index (χ1v) is 8.50. The van der Waals surface area contributed by atoms with Crippen LogP contribution in [0.2, 0.25) is 10.0 Å². The zero-order valence-corrected chi connectivity index (χ0v) is 14.6. The van der Waals surface area contributed by atoms with Crippen molar-refractivity contribution in [2.45, 2.75) is 24.5 Å². The summed E-state index contributed by atoms with van der Waals surface area (Å²) in [5, 5.41) is 2.10. The molecule has 0 amide bonds. The van der Waals surface area contributed by atoms with Gasteiger partial charge in [0.15, 0.2) is 5.57 Å². The molecule has 1 aliphatic heterocycles. The van der Waals surface area contributed by atoms with E-state index in [1.54, 1.807) is 0 Å². The highest BCUT2D eigenvalue weighted by Crippen LogP contribution is 2.32. The lowest BCUT2D eigenvalue weighted by Crippen LogP contribution is -2.42. The van der Waals surface area contributed by atoms with Gasteiger partial charge in [-0.3, -0.25) is 4.55 Å². The van der Waals surface area contributed by atoms with Crippen LogP contribution in [0.15, 0.2) is 28.8 Å². The molecule has 1 heterocycles. The van der Waals surface area contributed by atoms with Crippen molar-refractivity contribution in [2.24, 2.45) is 0 Å². The number of anilines is 1. The predicted octanol–water partition coefficient (Wildman–Crippen LogP) is 2.37. The molecule has 1 aromatic rings. The first-order chi connectivity index (χ1) is 10.9. The smallest absolute Gasteiger partial charge is 0.350 e. The molecule has 130 valence electrons. The van der Waals surface area contributed by atoms with E-state index in [4.69, 9.17) is 37.2 Å². The number of hydrogen-bond donors (Lipinski definition) is 2. The van der Waals surface area contributed by atoms with Crippen molar-refractivity contribution in [3.05, 3.63) is 34.0 Å². The molecule has 11 heteroatoms. The van der Waals surface area contributed by atoms with Gasteiger partial charge in [0.25, 0.3) is 15.9 Å². The minimum Gasteiger partial charge on any atom is -0.419 e. The van der Waals surface area contributed by atoms with Crippen LogP contribution < -0.4 is 5.32 Å². The van der Waals surface area contributed by atoms with Crippen molar-refractivity contribution < 1.29 is 32.0 Å². The minimum absolute atomic E-state index is 0.0898.